The number of hydrogen-bond donors (Lipinski definition) is 1. The van der Waals surface area contributed by atoms with E-state index in [9.17, 15) is 8.42 Å². The van der Waals surface area contributed by atoms with Crippen molar-refractivity contribution >= 4 is 15.7 Å². The zero-order chi connectivity index (χ0) is 12.2. The third-order valence-corrected chi connectivity index (χ3v) is 3.91. The number of benzene rings is 1. The fourth-order valence-corrected chi connectivity index (χ4v) is 2.42. The van der Waals surface area contributed by atoms with Crippen LogP contribution in [0.2, 0.25) is 0 Å². The van der Waals surface area contributed by atoms with Gasteiger partial charge in [-0.1, -0.05) is 24.6 Å². The van der Waals surface area contributed by atoms with E-state index in [0.717, 1.165) is 5.56 Å². The summed E-state index contributed by atoms with van der Waals surface area (Å²) < 4.78 is 25.8. The Balaban J connectivity index is 2.89. The second kappa shape index (κ2) is 4.99. The molecule has 0 aliphatic carbocycles. The van der Waals surface area contributed by atoms with Gasteiger partial charge in [0.2, 0.25) is 10.0 Å². The summed E-state index contributed by atoms with van der Waals surface area (Å²) >= 11 is 0. The number of nitrogens with zero attached hydrogens (tertiary/aromatic N) is 1. The molecule has 1 aromatic rings. The smallest absolute Gasteiger partial charge is 0.249 e. The molecule has 0 radical (unpaired) electrons. The third kappa shape index (κ3) is 2.97. The van der Waals surface area contributed by atoms with Gasteiger partial charge in [-0.3, -0.25) is 4.72 Å². The lowest BCUT2D eigenvalue weighted by molar-refractivity contribution is 0.593. The van der Waals surface area contributed by atoms with Gasteiger partial charge in [0.1, 0.15) is 0 Å². The van der Waals surface area contributed by atoms with Crippen LogP contribution in [0, 0.1) is 18.3 Å². The summed E-state index contributed by atoms with van der Waals surface area (Å²) in [4.78, 5) is 0. The van der Waals surface area contributed by atoms with Gasteiger partial charge < -0.3 is 0 Å². The van der Waals surface area contributed by atoms with Gasteiger partial charge in [-0.15, -0.1) is 0 Å². The van der Waals surface area contributed by atoms with Crippen LogP contribution < -0.4 is 4.72 Å². The van der Waals surface area contributed by atoms with Gasteiger partial charge in [0.05, 0.1) is 6.07 Å². The first-order valence-electron chi connectivity index (χ1n) is 4.97. The lowest BCUT2D eigenvalue weighted by Gasteiger charge is -2.11. The van der Waals surface area contributed by atoms with E-state index in [1.807, 2.05) is 19.1 Å². The van der Waals surface area contributed by atoms with Crippen LogP contribution >= 0.6 is 0 Å². The van der Waals surface area contributed by atoms with Crippen molar-refractivity contribution in [1.82, 2.24) is 0 Å². The molecule has 5 heteroatoms. The van der Waals surface area contributed by atoms with Gasteiger partial charge in [-0.2, -0.15) is 5.26 Å². The van der Waals surface area contributed by atoms with Crippen LogP contribution in [-0.2, 0) is 10.0 Å². The zero-order valence-corrected chi connectivity index (χ0v) is 10.1. The van der Waals surface area contributed by atoms with E-state index < -0.39 is 15.3 Å². The van der Waals surface area contributed by atoms with Crippen LogP contribution in [0.5, 0.6) is 0 Å². The summed E-state index contributed by atoms with van der Waals surface area (Å²) in [6.07, 6.45) is 0.275. The van der Waals surface area contributed by atoms with Crippen molar-refractivity contribution in [3.05, 3.63) is 29.8 Å². The van der Waals surface area contributed by atoms with Crippen molar-refractivity contribution in [3.63, 3.8) is 0 Å². The topological polar surface area (TPSA) is 70.0 Å². The molecule has 0 amide bonds. The molecule has 0 saturated heterocycles. The molecule has 1 atom stereocenters. The third-order valence-electron chi connectivity index (χ3n) is 2.20. The predicted molar refractivity (Wildman–Crippen MR) is 63.4 cm³/mol. The highest BCUT2D eigenvalue weighted by Crippen LogP contribution is 2.14. The molecule has 0 spiro atoms. The van der Waals surface area contributed by atoms with E-state index in [1.165, 1.54) is 0 Å². The minimum absolute atomic E-state index is 0.275. The SMILES string of the molecule is CCC(C#N)S(=O)(=O)Nc1ccc(C)cc1. The van der Waals surface area contributed by atoms with E-state index in [2.05, 4.69) is 4.72 Å². The van der Waals surface area contributed by atoms with E-state index >= 15 is 0 Å². The Hall–Kier alpha value is -1.54. The summed E-state index contributed by atoms with van der Waals surface area (Å²) in [5, 5.41) is 7.71. The molecule has 0 heterocycles. The van der Waals surface area contributed by atoms with Crippen LogP contribution in [0.15, 0.2) is 24.3 Å². The molecule has 86 valence electrons. The molecule has 1 unspecified atom stereocenters. The maximum absolute atomic E-state index is 11.7. The molecule has 0 aliphatic rings. The maximum atomic E-state index is 11.7. The lowest BCUT2D eigenvalue weighted by atomic mass is 10.2. The predicted octanol–water partition coefficient (Wildman–Crippen LogP) is 2.04. The van der Waals surface area contributed by atoms with Gasteiger partial charge in [0.15, 0.2) is 5.25 Å². The molecule has 0 aromatic heterocycles. The quantitative estimate of drug-likeness (QED) is 0.872. The Morgan fingerprint density at radius 3 is 2.38 bits per heavy atom. The van der Waals surface area contributed by atoms with Gasteiger partial charge in [-0.25, -0.2) is 8.42 Å². The van der Waals surface area contributed by atoms with Crippen molar-refractivity contribution in [1.29, 1.82) is 5.26 Å². The minimum atomic E-state index is -3.60. The molecule has 4 nitrogen and oxygen atoms in total. The summed E-state index contributed by atoms with van der Waals surface area (Å²) in [6.45, 7) is 3.59. The molecule has 0 bridgehead atoms. The number of nitriles is 1. The first kappa shape index (κ1) is 12.5. The molecule has 0 aliphatic heterocycles. The number of sulfonamides is 1. The zero-order valence-electron chi connectivity index (χ0n) is 9.27. The molecule has 1 rings (SSSR count). The highest BCUT2D eigenvalue weighted by atomic mass is 32.2. The second-order valence-electron chi connectivity index (χ2n) is 3.54. The van der Waals surface area contributed by atoms with Crippen LogP contribution in [0.1, 0.15) is 18.9 Å². The van der Waals surface area contributed by atoms with Crippen LogP contribution in [0.25, 0.3) is 0 Å². The van der Waals surface area contributed by atoms with E-state index in [4.69, 9.17) is 5.26 Å². The number of anilines is 1. The van der Waals surface area contributed by atoms with Crippen LogP contribution in [0.4, 0.5) is 5.69 Å². The van der Waals surface area contributed by atoms with E-state index in [0.29, 0.717) is 5.69 Å². The molecule has 0 saturated carbocycles. The first-order chi connectivity index (χ1) is 7.49. The molecule has 1 N–H and O–H groups in total. The molecule has 0 fully saturated rings. The van der Waals surface area contributed by atoms with Crippen molar-refractivity contribution < 1.29 is 8.42 Å². The van der Waals surface area contributed by atoms with Gasteiger partial charge in [0.25, 0.3) is 0 Å². The van der Waals surface area contributed by atoms with E-state index in [1.54, 1.807) is 25.1 Å². The molecular weight excluding hydrogens is 224 g/mol. The minimum Gasteiger partial charge on any atom is -0.282 e. The summed E-state index contributed by atoms with van der Waals surface area (Å²) in [6, 6.07) is 8.75. The largest absolute Gasteiger partial charge is 0.282 e. The Morgan fingerprint density at radius 2 is 1.94 bits per heavy atom. The van der Waals surface area contributed by atoms with Gasteiger partial charge in [-0.05, 0) is 25.5 Å². The normalized spacial score (nSPS) is 12.8. The van der Waals surface area contributed by atoms with Crippen molar-refractivity contribution in [3.8, 4) is 6.07 Å². The molecular formula is C11H14N2O2S. The fraction of sp³-hybridized carbons (Fsp3) is 0.364. The van der Waals surface area contributed by atoms with Gasteiger partial charge in [0, 0.05) is 5.69 Å². The Bertz CT molecular complexity index is 486. The van der Waals surface area contributed by atoms with Crippen molar-refractivity contribution in [2.75, 3.05) is 4.72 Å². The average Bonchev–Trinajstić information content (AvgIpc) is 2.22. The Morgan fingerprint density at radius 1 is 1.38 bits per heavy atom. The fourth-order valence-electron chi connectivity index (χ4n) is 1.24. The van der Waals surface area contributed by atoms with Crippen LogP contribution in [0.3, 0.4) is 0 Å². The number of aryl methyl sites for hydroxylation is 1. The standard InChI is InChI=1S/C11H14N2O2S/c1-3-11(8-12)16(14,15)13-10-6-4-9(2)5-7-10/h4-7,11,13H,3H2,1-2H3. The Kier molecular flexibility index (Phi) is 3.91. The summed E-state index contributed by atoms with van der Waals surface area (Å²) in [5.74, 6) is 0. The maximum Gasteiger partial charge on any atom is 0.249 e. The monoisotopic (exact) mass is 238 g/mol. The molecule has 1 aromatic carbocycles. The van der Waals surface area contributed by atoms with Gasteiger partial charge >= 0.3 is 0 Å². The highest BCUT2D eigenvalue weighted by Gasteiger charge is 2.22. The highest BCUT2D eigenvalue weighted by molar-refractivity contribution is 7.93. The van der Waals surface area contributed by atoms with Crippen molar-refractivity contribution in [2.24, 2.45) is 0 Å². The Labute approximate surface area is 96.0 Å². The number of nitrogens with one attached hydrogen (secondary N) is 1. The number of hydrogen-bond acceptors (Lipinski definition) is 3. The average molecular weight is 238 g/mol. The van der Waals surface area contributed by atoms with Crippen molar-refractivity contribution in [2.45, 2.75) is 25.5 Å². The first-order valence-corrected chi connectivity index (χ1v) is 6.52. The number of rotatable bonds is 4. The van der Waals surface area contributed by atoms with Crippen LogP contribution in [-0.4, -0.2) is 13.7 Å². The summed E-state index contributed by atoms with van der Waals surface area (Å²) in [5.41, 5.74) is 1.54. The second-order valence-corrected chi connectivity index (χ2v) is 5.40. The molecule has 16 heavy (non-hydrogen) atoms. The van der Waals surface area contributed by atoms with E-state index in [-0.39, 0.29) is 6.42 Å². The lowest BCUT2D eigenvalue weighted by Crippen LogP contribution is -2.25. The summed E-state index contributed by atoms with van der Waals surface area (Å²) in [7, 11) is -3.60.